The van der Waals surface area contributed by atoms with Gasteiger partial charge in [-0.25, -0.2) is 0 Å². The van der Waals surface area contributed by atoms with E-state index in [4.69, 9.17) is 19.6 Å². The van der Waals surface area contributed by atoms with Gasteiger partial charge in [-0.2, -0.15) is 15.1 Å². The highest BCUT2D eigenvalue weighted by Gasteiger charge is 2.34. The van der Waals surface area contributed by atoms with Crippen molar-refractivity contribution in [1.29, 1.82) is 5.41 Å². The highest BCUT2D eigenvalue weighted by atomic mass is 32.2. The van der Waals surface area contributed by atoms with Crippen LogP contribution in [-0.2, 0) is 4.79 Å². The fraction of sp³-hybridized carbons (Fsp3) is 0.217. The summed E-state index contributed by atoms with van der Waals surface area (Å²) in [5, 5.41) is 15.4. The van der Waals surface area contributed by atoms with E-state index >= 15 is 0 Å². The van der Waals surface area contributed by atoms with E-state index in [1.54, 1.807) is 13.2 Å². The van der Waals surface area contributed by atoms with Crippen molar-refractivity contribution in [2.24, 2.45) is 10.1 Å². The zero-order valence-electron chi connectivity index (χ0n) is 17.7. The number of nitrogens with one attached hydrogen (secondary N) is 1. The zero-order valence-corrected chi connectivity index (χ0v) is 18.5. The standard InChI is InChI=1S/C23H22N4O4S/c1-3-20-26-27-21(24)19(22(28)25-23(27)32-20)14-15-4-6-17(7-5-15)30-12-13-31-18-10-8-16(29-2)9-11-18/h4-11,14,24H,3,12-13H2,1-2H3/b19-14+,24-21?. The molecule has 0 aromatic heterocycles. The lowest BCUT2D eigenvalue weighted by Crippen LogP contribution is -2.35. The van der Waals surface area contributed by atoms with Gasteiger partial charge >= 0.3 is 0 Å². The predicted molar refractivity (Wildman–Crippen MR) is 126 cm³/mol. The third kappa shape index (κ3) is 4.83. The van der Waals surface area contributed by atoms with Crippen LogP contribution in [0.3, 0.4) is 0 Å². The molecule has 0 saturated heterocycles. The molecule has 32 heavy (non-hydrogen) atoms. The SMILES string of the molecule is CCC1=NN2C(=N)/C(=C\c3ccc(OCCOc4ccc(OC)cc4)cc3)C(=O)N=C2S1. The molecule has 2 aliphatic heterocycles. The van der Waals surface area contributed by atoms with E-state index in [-0.39, 0.29) is 11.4 Å². The number of carbonyl (C=O) groups is 1. The number of hydrogen-bond acceptors (Lipinski definition) is 7. The van der Waals surface area contributed by atoms with E-state index in [1.807, 2.05) is 55.5 Å². The molecule has 0 unspecified atom stereocenters. The van der Waals surface area contributed by atoms with Crippen molar-refractivity contribution in [1.82, 2.24) is 5.01 Å². The lowest BCUT2D eigenvalue weighted by atomic mass is 10.1. The zero-order chi connectivity index (χ0) is 22.5. The quantitative estimate of drug-likeness (QED) is 0.479. The first kappa shape index (κ1) is 21.6. The molecule has 2 aromatic rings. The Kier molecular flexibility index (Phi) is 6.55. The lowest BCUT2D eigenvalue weighted by Gasteiger charge is -2.20. The van der Waals surface area contributed by atoms with Gasteiger partial charge in [-0.3, -0.25) is 10.2 Å². The lowest BCUT2D eigenvalue weighted by molar-refractivity contribution is -0.114. The summed E-state index contributed by atoms with van der Waals surface area (Å²) in [6.07, 6.45) is 2.37. The first-order valence-corrected chi connectivity index (χ1v) is 10.9. The van der Waals surface area contributed by atoms with Gasteiger partial charge in [0.2, 0.25) is 5.17 Å². The summed E-state index contributed by atoms with van der Waals surface area (Å²) in [5.41, 5.74) is 0.974. The van der Waals surface area contributed by atoms with Gasteiger partial charge in [-0.05, 0) is 66.2 Å². The second-order valence-corrected chi connectivity index (χ2v) is 7.85. The minimum atomic E-state index is -0.433. The van der Waals surface area contributed by atoms with Gasteiger partial charge in [0, 0.05) is 0 Å². The smallest absolute Gasteiger partial charge is 0.283 e. The van der Waals surface area contributed by atoms with E-state index in [1.165, 1.54) is 16.8 Å². The van der Waals surface area contributed by atoms with Crippen molar-refractivity contribution in [2.75, 3.05) is 20.3 Å². The average molecular weight is 451 g/mol. The number of thioether (sulfide) groups is 1. The number of hydrogen-bond donors (Lipinski definition) is 1. The van der Waals surface area contributed by atoms with Crippen molar-refractivity contribution in [3.63, 3.8) is 0 Å². The number of carbonyl (C=O) groups excluding carboxylic acids is 1. The first-order chi connectivity index (χ1) is 15.6. The van der Waals surface area contributed by atoms with E-state index in [0.717, 1.165) is 28.5 Å². The Balaban J connectivity index is 1.33. The monoisotopic (exact) mass is 450 g/mol. The molecule has 2 aromatic carbocycles. The second-order valence-electron chi connectivity index (χ2n) is 6.81. The van der Waals surface area contributed by atoms with Crippen LogP contribution in [-0.4, -0.2) is 47.3 Å². The molecule has 0 aliphatic carbocycles. The molecule has 2 aliphatic rings. The Morgan fingerprint density at radius 3 is 2.19 bits per heavy atom. The van der Waals surface area contributed by atoms with Crippen molar-refractivity contribution in [3.05, 3.63) is 59.7 Å². The van der Waals surface area contributed by atoms with Gasteiger partial charge < -0.3 is 14.2 Å². The number of methoxy groups -OCH3 is 1. The molecular weight excluding hydrogens is 428 g/mol. The van der Waals surface area contributed by atoms with E-state index < -0.39 is 5.91 Å². The summed E-state index contributed by atoms with van der Waals surface area (Å²) in [5.74, 6) is 1.81. The number of amidine groups is 2. The van der Waals surface area contributed by atoms with Crippen LogP contribution in [0, 0.1) is 5.41 Å². The molecule has 0 atom stereocenters. The van der Waals surface area contributed by atoms with E-state index in [2.05, 4.69) is 10.1 Å². The van der Waals surface area contributed by atoms with Gasteiger partial charge in [0.15, 0.2) is 5.84 Å². The van der Waals surface area contributed by atoms with Crippen LogP contribution in [0.15, 0.2) is 64.2 Å². The summed E-state index contributed by atoms with van der Waals surface area (Å²) >= 11 is 1.33. The predicted octanol–water partition coefficient (Wildman–Crippen LogP) is 4.18. The van der Waals surface area contributed by atoms with Gasteiger partial charge in [-0.15, -0.1) is 0 Å². The Labute approximate surface area is 190 Å². The van der Waals surface area contributed by atoms with Crippen molar-refractivity contribution in [2.45, 2.75) is 13.3 Å². The summed E-state index contributed by atoms with van der Waals surface area (Å²) in [4.78, 5) is 16.5. The summed E-state index contributed by atoms with van der Waals surface area (Å²) < 4.78 is 16.5. The molecule has 1 amide bonds. The van der Waals surface area contributed by atoms with Crippen LogP contribution < -0.4 is 14.2 Å². The average Bonchev–Trinajstić information content (AvgIpc) is 3.24. The maximum Gasteiger partial charge on any atom is 0.283 e. The molecule has 0 saturated carbocycles. The molecule has 1 N–H and O–H groups in total. The van der Waals surface area contributed by atoms with Crippen LogP contribution in [0.25, 0.3) is 6.08 Å². The number of hydrazone groups is 1. The number of amides is 1. The molecule has 0 bridgehead atoms. The largest absolute Gasteiger partial charge is 0.497 e. The maximum atomic E-state index is 12.4. The van der Waals surface area contributed by atoms with Crippen LogP contribution >= 0.6 is 11.8 Å². The number of rotatable bonds is 8. The molecule has 4 rings (SSSR count). The van der Waals surface area contributed by atoms with Gasteiger partial charge in [0.1, 0.15) is 35.5 Å². The van der Waals surface area contributed by atoms with E-state index in [0.29, 0.717) is 24.1 Å². The number of fused-ring (bicyclic) bond motifs is 1. The minimum absolute atomic E-state index is 0.0342. The number of aliphatic imine (C=N–C) groups is 1. The topological polar surface area (TPSA) is 96.6 Å². The van der Waals surface area contributed by atoms with Crippen LogP contribution in [0.2, 0.25) is 0 Å². The summed E-state index contributed by atoms with van der Waals surface area (Å²) in [6.45, 7) is 2.76. The normalized spacial score (nSPS) is 16.6. The van der Waals surface area contributed by atoms with E-state index in [9.17, 15) is 4.79 Å². The fourth-order valence-corrected chi connectivity index (χ4v) is 3.82. The third-order valence-electron chi connectivity index (χ3n) is 4.67. The van der Waals surface area contributed by atoms with Crippen molar-refractivity contribution >= 4 is 39.8 Å². The molecule has 0 fully saturated rings. The molecule has 0 spiro atoms. The number of ether oxygens (including phenoxy) is 3. The number of benzene rings is 2. The van der Waals surface area contributed by atoms with Crippen molar-refractivity contribution in [3.8, 4) is 17.2 Å². The highest BCUT2D eigenvalue weighted by molar-refractivity contribution is 8.26. The third-order valence-corrected chi connectivity index (χ3v) is 5.72. The summed E-state index contributed by atoms with van der Waals surface area (Å²) in [6, 6.07) is 14.6. The molecule has 2 heterocycles. The minimum Gasteiger partial charge on any atom is -0.497 e. The Hall–Kier alpha value is -3.59. The molecule has 9 heteroatoms. The molecule has 164 valence electrons. The number of nitrogens with zero attached hydrogens (tertiary/aromatic N) is 3. The Morgan fingerprint density at radius 2 is 1.59 bits per heavy atom. The molecule has 8 nitrogen and oxygen atoms in total. The Bertz CT molecular complexity index is 1110. The maximum absolute atomic E-state index is 12.4. The Morgan fingerprint density at radius 1 is 1.00 bits per heavy atom. The van der Waals surface area contributed by atoms with Gasteiger partial charge in [0.05, 0.1) is 12.7 Å². The molecular formula is C23H22N4O4S. The first-order valence-electron chi connectivity index (χ1n) is 10.1. The molecule has 0 radical (unpaired) electrons. The van der Waals surface area contributed by atoms with Gasteiger partial charge in [-0.1, -0.05) is 19.1 Å². The summed E-state index contributed by atoms with van der Waals surface area (Å²) in [7, 11) is 1.62. The fourth-order valence-electron chi connectivity index (χ4n) is 2.99. The van der Waals surface area contributed by atoms with Crippen LogP contribution in [0.4, 0.5) is 0 Å². The van der Waals surface area contributed by atoms with Crippen molar-refractivity contribution < 1.29 is 19.0 Å². The van der Waals surface area contributed by atoms with Gasteiger partial charge in [0.25, 0.3) is 5.91 Å². The highest BCUT2D eigenvalue weighted by Crippen LogP contribution is 2.29. The van der Waals surface area contributed by atoms with Crippen LogP contribution in [0.5, 0.6) is 17.2 Å². The van der Waals surface area contributed by atoms with Crippen LogP contribution in [0.1, 0.15) is 18.9 Å². The second kappa shape index (κ2) is 9.69.